The SMILES string of the molecule is CC[C@@H](N)CN(Cc1ccccc1)Cc1ccccc1. The Hall–Kier alpha value is -1.64. The number of nitrogens with zero attached hydrogens (tertiary/aromatic N) is 1. The summed E-state index contributed by atoms with van der Waals surface area (Å²) in [6.45, 7) is 4.97. The summed E-state index contributed by atoms with van der Waals surface area (Å²) < 4.78 is 0. The van der Waals surface area contributed by atoms with Gasteiger partial charge in [0, 0.05) is 25.7 Å². The molecule has 0 heterocycles. The van der Waals surface area contributed by atoms with E-state index in [0.717, 1.165) is 26.1 Å². The van der Waals surface area contributed by atoms with Gasteiger partial charge in [-0.25, -0.2) is 0 Å². The Bertz CT molecular complexity index is 440. The number of benzene rings is 2. The molecule has 106 valence electrons. The lowest BCUT2D eigenvalue weighted by Gasteiger charge is -2.25. The van der Waals surface area contributed by atoms with Crippen LogP contribution < -0.4 is 5.73 Å². The topological polar surface area (TPSA) is 29.3 Å². The molecular weight excluding hydrogens is 244 g/mol. The van der Waals surface area contributed by atoms with Crippen molar-refractivity contribution in [1.29, 1.82) is 0 Å². The second kappa shape index (κ2) is 7.83. The van der Waals surface area contributed by atoms with Crippen molar-refractivity contribution in [1.82, 2.24) is 4.90 Å². The van der Waals surface area contributed by atoms with Gasteiger partial charge in [-0.3, -0.25) is 4.90 Å². The Labute approximate surface area is 122 Å². The van der Waals surface area contributed by atoms with Gasteiger partial charge >= 0.3 is 0 Å². The Morgan fingerprint density at radius 2 is 1.30 bits per heavy atom. The van der Waals surface area contributed by atoms with E-state index in [1.807, 2.05) is 0 Å². The highest BCUT2D eigenvalue weighted by Gasteiger charge is 2.10. The maximum Gasteiger partial charge on any atom is 0.0237 e. The second-order valence-corrected chi connectivity index (χ2v) is 5.31. The summed E-state index contributed by atoms with van der Waals surface area (Å²) in [5.41, 5.74) is 8.82. The minimum atomic E-state index is 0.238. The number of nitrogens with two attached hydrogens (primary N) is 1. The van der Waals surface area contributed by atoms with Crippen LogP contribution in [-0.4, -0.2) is 17.5 Å². The Balaban J connectivity index is 2.04. The fraction of sp³-hybridized carbons (Fsp3) is 0.333. The van der Waals surface area contributed by atoms with E-state index in [1.165, 1.54) is 11.1 Å². The number of hydrogen-bond acceptors (Lipinski definition) is 2. The highest BCUT2D eigenvalue weighted by Crippen LogP contribution is 2.10. The summed E-state index contributed by atoms with van der Waals surface area (Å²) in [4.78, 5) is 2.43. The van der Waals surface area contributed by atoms with Crippen LogP contribution in [-0.2, 0) is 13.1 Å². The van der Waals surface area contributed by atoms with E-state index in [2.05, 4.69) is 72.5 Å². The molecule has 0 aliphatic rings. The minimum Gasteiger partial charge on any atom is -0.327 e. The second-order valence-electron chi connectivity index (χ2n) is 5.31. The molecule has 0 radical (unpaired) electrons. The molecule has 1 atom stereocenters. The molecule has 2 nitrogen and oxygen atoms in total. The molecule has 0 spiro atoms. The van der Waals surface area contributed by atoms with Crippen LogP contribution in [0.1, 0.15) is 24.5 Å². The van der Waals surface area contributed by atoms with Crippen LogP contribution in [0.25, 0.3) is 0 Å². The molecule has 2 N–H and O–H groups in total. The van der Waals surface area contributed by atoms with Crippen molar-refractivity contribution in [3.63, 3.8) is 0 Å². The van der Waals surface area contributed by atoms with Gasteiger partial charge in [-0.15, -0.1) is 0 Å². The molecule has 2 rings (SSSR count). The zero-order valence-electron chi connectivity index (χ0n) is 12.2. The van der Waals surface area contributed by atoms with E-state index in [1.54, 1.807) is 0 Å². The fourth-order valence-electron chi connectivity index (χ4n) is 2.33. The van der Waals surface area contributed by atoms with E-state index < -0.39 is 0 Å². The minimum absolute atomic E-state index is 0.238. The summed E-state index contributed by atoms with van der Waals surface area (Å²) in [5, 5.41) is 0. The molecule has 0 unspecified atom stereocenters. The first kappa shape index (κ1) is 14.8. The smallest absolute Gasteiger partial charge is 0.0237 e. The molecule has 0 saturated heterocycles. The highest BCUT2D eigenvalue weighted by atomic mass is 15.1. The fourth-order valence-corrected chi connectivity index (χ4v) is 2.33. The largest absolute Gasteiger partial charge is 0.327 e. The van der Waals surface area contributed by atoms with E-state index in [0.29, 0.717) is 0 Å². The molecule has 2 heteroatoms. The Morgan fingerprint density at radius 1 is 0.850 bits per heavy atom. The quantitative estimate of drug-likeness (QED) is 0.833. The van der Waals surface area contributed by atoms with Crippen LogP contribution in [0.15, 0.2) is 60.7 Å². The van der Waals surface area contributed by atoms with Crippen LogP contribution in [0, 0.1) is 0 Å². The molecule has 2 aromatic carbocycles. The van der Waals surface area contributed by atoms with E-state index in [9.17, 15) is 0 Å². The molecule has 20 heavy (non-hydrogen) atoms. The third-order valence-electron chi connectivity index (χ3n) is 3.52. The van der Waals surface area contributed by atoms with Crippen LogP contribution in [0.2, 0.25) is 0 Å². The van der Waals surface area contributed by atoms with Crippen LogP contribution in [0.3, 0.4) is 0 Å². The van der Waals surface area contributed by atoms with Crippen LogP contribution >= 0.6 is 0 Å². The van der Waals surface area contributed by atoms with Crippen molar-refractivity contribution < 1.29 is 0 Å². The first-order chi connectivity index (χ1) is 9.78. The maximum absolute atomic E-state index is 6.14. The number of hydrogen-bond donors (Lipinski definition) is 1. The number of rotatable bonds is 7. The predicted molar refractivity (Wildman–Crippen MR) is 85.3 cm³/mol. The molecule has 0 saturated carbocycles. The van der Waals surface area contributed by atoms with E-state index in [4.69, 9.17) is 5.73 Å². The average molecular weight is 268 g/mol. The van der Waals surface area contributed by atoms with E-state index in [-0.39, 0.29) is 6.04 Å². The standard InChI is InChI=1S/C18H24N2/c1-2-18(19)15-20(13-16-9-5-3-6-10-16)14-17-11-7-4-8-12-17/h3-12,18H,2,13-15,19H2,1H3/t18-/m1/s1. The normalized spacial score (nSPS) is 12.6. The first-order valence-corrected chi connectivity index (χ1v) is 7.33. The lowest BCUT2D eigenvalue weighted by molar-refractivity contribution is 0.238. The van der Waals surface area contributed by atoms with Crippen molar-refractivity contribution in [2.45, 2.75) is 32.5 Å². The lowest BCUT2D eigenvalue weighted by Crippen LogP contribution is -2.36. The maximum atomic E-state index is 6.14. The van der Waals surface area contributed by atoms with Gasteiger partial charge in [0.05, 0.1) is 0 Å². The third kappa shape index (κ3) is 4.80. The Morgan fingerprint density at radius 3 is 1.70 bits per heavy atom. The predicted octanol–water partition coefficient (Wildman–Crippen LogP) is 3.43. The average Bonchev–Trinajstić information content (AvgIpc) is 2.49. The van der Waals surface area contributed by atoms with Gasteiger partial charge in [-0.2, -0.15) is 0 Å². The molecule has 0 aliphatic heterocycles. The zero-order chi connectivity index (χ0) is 14.2. The van der Waals surface area contributed by atoms with Crippen molar-refractivity contribution in [2.75, 3.05) is 6.54 Å². The van der Waals surface area contributed by atoms with Gasteiger partial charge < -0.3 is 5.73 Å². The molecule has 0 amide bonds. The lowest BCUT2D eigenvalue weighted by atomic mass is 10.1. The summed E-state index contributed by atoms with van der Waals surface area (Å²) >= 11 is 0. The molecule has 0 bridgehead atoms. The first-order valence-electron chi connectivity index (χ1n) is 7.33. The molecule has 0 aliphatic carbocycles. The molecule has 0 fully saturated rings. The Kier molecular flexibility index (Phi) is 5.78. The van der Waals surface area contributed by atoms with Crippen molar-refractivity contribution in [2.24, 2.45) is 5.73 Å². The van der Waals surface area contributed by atoms with Crippen molar-refractivity contribution in [3.8, 4) is 0 Å². The summed E-state index contributed by atoms with van der Waals surface area (Å²) in [6.07, 6.45) is 1.01. The highest BCUT2D eigenvalue weighted by molar-refractivity contribution is 5.17. The summed E-state index contributed by atoms with van der Waals surface area (Å²) in [6, 6.07) is 21.4. The third-order valence-corrected chi connectivity index (χ3v) is 3.52. The van der Waals surface area contributed by atoms with Gasteiger partial charge in [0.1, 0.15) is 0 Å². The molecular formula is C18H24N2. The molecule has 2 aromatic rings. The molecule has 0 aromatic heterocycles. The zero-order valence-corrected chi connectivity index (χ0v) is 12.2. The monoisotopic (exact) mass is 268 g/mol. The van der Waals surface area contributed by atoms with Crippen LogP contribution in [0.4, 0.5) is 0 Å². The van der Waals surface area contributed by atoms with Gasteiger partial charge in [0.25, 0.3) is 0 Å². The van der Waals surface area contributed by atoms with Gasteiger partial charge in [-0.1, -0.05) is 67.6 Å². The van der Waals surface area contributed by atoms with E-state index >= 15 is 0 Å². The van der Waals surface area contributed by atoms with Crippen LogP contribution in [0.5, 0.6) is 0 Å². The summed E-state index contributed by atoms with van der Waals surface area (Å²) in [7, 11) is 0. The van der Waals surface area contributed by atoms with Gasteiger partial charge in [-0.05, 0) is 17.5 Å². The van der Waals surface area contributed by atoms with Gasteiger partial charge in [0.15, 0.2) is 0 Å². The summed E-state index contributed by atoms with van der Waals surface area (Å²) in [5.74, 6) is 0. The van der Waals surface area contributed by atoms with Crippen molar-refractivity contribution in [3.05, 3.63) is 71.8 Å². The van der Waals surface area contributed by atoms with Crippen molar-refractivity contribution >= 4 is 0 Å². The van der Waals surface area contributed by atoms with Gasteiger partial charge in [0.2, 0.25) is 0 Å².